The molecule has 0 radical (unpaired) electrons. The van der Waals surface area contributed by atoms with Crippen molar-refractivity contribution in [2.45, 2.75) is 57.8 Å². The fourth-order valence-corrected chi connectivity index (χ4v) is 5.68. The molecule has 0 bridgehead atoms. The van der Waals surface area contributed by atoms with Crippen LogP contribution in [0.5, 0.6) is 5.75 Å². The van der Waals surface area contributed by atoms with Crippen molar-refractivity contribution in [1.82, 2.24) is 0 Å². The van der Waals surface area contributed by atoms with Gasteiger partial charge in [-0.15, -0.1) is 0 Å². The number of ketones is 2. The molecule has 0 aromatic heterocycles. The Kier molecular flexibility index (Phi) is 5.82. The molecule has 5 rings (SSSR count). The minimum absolute atomic E-state index is 0.0532. The molecular weight excluding hydrogens is 396 g/mol. The summed E-state index contributed by atoms with van der Waals surface area (Å²) in [5, 5.41) is 12.9. The number of phenolic OH excluding ortho intramolecular Hbond substituents is 1. The molecule has 3 aromatic rings. The zero-order chi connectivity index (χ0) is 22.1. The SMILES string of the molecule is O=C1c2ccccc2C(=O)C1CCCc1c(O)ccc2ccc(CC3CCCCC3)cc12. The van der Waals surface area contributed by atoms with E-state index in [9.17, 15) is 14.7 Å². The minimum atomic E-state index is -0.577. The molecule has 0 amide bonds. The standard InChI is InChI=1S/C29H30O3/c30-27-16-15-21-14-13-20(17-19-7-2-1-3-8-19)18-26(21)22(27)11-6-12-25-28(31)23-9-4-5-10-24(23)29(25)32/h4-5,9-10,13-16,18-19,25,30H,1-3,6-8,11-12,17H2. The lowest BCUT2D eigenvalue weighted by Crippen LogP contribution is -2.15. The number of rotatable bonds is 6. The zero-order valence-electron chi connectivity index (χ0n) is 18.5. The van der Waals surface area contributed by atoms with E-state index >= 15 is 0 Å². The normalized spacial score (nSPS) is 17.2. The van der Waals surface area contributed by atoms with Crippen LogP contribution < -0.4 is 0 Å². The quantitative estimate of drug-likeness (QED) is 0.447. The van der Waals surface area contributed by atoms with E-state index in [-0.39, 0.29) is 11.6 Å². The van der Waals surface area contributed by atoms with Crippen molar-refractivity contribution >= 4 is 22.3 Å². The highest BCUT2D eigenvalue weighted by Crippen LogP contribution is 2.34. The third-order valence-corrected chi connectivity index (χ3v) is 7.43. The van der Waals surface area contributed by atoms with Gasteiger partial charge in [0.25, 0.3) is 0 Å². The Bertz CT molecular complexity index is 1140. The molecule has 32 heavy (non-hydrogen) atoms. The predicted octanol–water partition coefficient (Wildman–Crippen LogP) is 6.69. The van der Waals surface area contributed by atoms with Crippen molar-refractivity contribution in [3.05, 3.63) is 76.9 Å². The van der Waals surface area contributed by atoms with Crippen LogP contribution in [-0.4, -0.2) is 16.7 Å². The van der Waals surface area contributed by atoms with E-state index in [1.807, 2.05) is 18.2 Å². The molecule has 0 atom stereocenters. The summed E-state index contributed by atoms with van der Waals surface area (Å²) in [7, 11) is 0. The molecule has 0 spiro atoms. The average Bonchev–Trinajstić information content (AvgIpc) is 3.06. The number of aryl methyl sites for hydroxylation is 1. The van der Waals surface area contributed by atoms with Crippen LogP contribution >= 0.6 is 0 Å². The van der Waals surface area contributed by atoms with Gasteiger partial charge < -0.3 is 5.11 Å². The molecule has 3 nitrogen and oxygen atoms in total. The monoisotopic (exact) mass is 426 g/mol. The minimum Gasteiger partial charge on any atom is -0.508 e. The summed E-state index contributed by atoms with van der Waals surface area (Å²) in [6.45, 7) is 0. The molecule has 0 aliphatic heterocycles. The van der Waals surface area contributed by atoms with Crippen LogP contribution in [0.15, 0.2) is 54.6 Å². The van der Waals surface area contributed by atoms with Gasteiger partial charge in [-0.2, -0.15) is 0 Å². The van der Waals surface area contributed by atoms with E-state index in [1.54, 1.807) is 18.2 Å². The molecule has 3 aromatic carbocycles. The van der Waals surface area contributed by atoms with Gasteiger partial charge in [0, 0.05) is 16.7 Å². The Morgan fingerprint density at radius 1 is 0.844 bits per heavy atom. The predicted molar refractivity (Wildman–Crippen MR) is 127 cm³/mol. The van der Waals surface area contributed by atoms with Gasteiger partial charge in [0.05, 0.1) is 5.92 Å². The first-order valence-electron chi connectivity index (χ1n) is 12.0. The number of Topliss-reactive ketones (excluding diaryl/α,β-unsaturated/α-hetero) is 2. The van der Waals surface area contributed by atoms with Gasteiger partial charge in [-0.3, -0.25) is 9.59 Å². The fraction of sp³-hybridized carbons (Fsp3) is 0.379. The van der Waals surface area contributed by atoms with E-state index in [0.717, 1.165) is 28.7 Å². The molecule has 164 valence electrons. The molecule has 2 aliphatic rings. The van der Waals surface area contributed by atoms with E-state index in [2.05, 4.69) is 18.2 Å². The Labute approximate surface area is 189 Å². The highest BCUT2D eigenvalue weighted by Gasteiger charge is 2.37. The van der Waals surface area contributed by atoms with Crippen LogP contribution in [0.1, 0.15) is 76.8 Å². The van der Waals surface area contributed by atoms with Gasteiger partial charge in [0.1, 0.15) is 5.75 Å². The van der Waals surface area contributed by atoms with Crippen molar-refractivity contribution in [2.75, 3.05) is 0 Å². The number of fused-ring (bicyclic) bond motifs is 2. The zero-order valence-corrected chi connectivity index (χ0v) is 18.5. The molecule has 2 aliphatic carbocycles. The Morgan fingerprint density at radius 3 is 2.25 bits per heavy atom. The maximum absolute atomic E-state index is 12.7. The van der Waals surface area contributed by atoms with Crippen molar-refractivity contribution in [1.29, 1.82) is 0 Å². The summed E-state index contributed by atoms with van der Waals surface area (Å²) in [4.78, 5) is 25.4. The average molecular weight is 427 g/mol. The summed E-state index contributed by atoms with van der Waals surface area (Å²) < 4.78 is 0. The maximum atomic E-state index is 12.7. The maximum Gasteiger partial charge on any atom is 0.174 e. The van der Waals surface area contributed by atoms with Gasteiger partial charge in [0.2, 0.25) is 0 Å². The highest BCUT2D eigenvalue weighted by molar-refractivity contribution is 6.26. The van der Waals surface area contributed by atoms with Crippen LogP contribution in [0.4, 0.5) is 0 Å². The molecule has 0 heterocycles. The van der Waals surface area contributed by atoms with Crippen molar-refractivity contribution in [3.8, 4) is 5.75 Å². The molecule has 1 saturated carbocycles. The lowest BCUT2D eigenvalue weighted by molar-refractivity contribution is 0.0829. The Balaban J connectivity index is 1.32. The molecule has 1 fully saturated rings. The second-order valence-corrected chi connectivity index (χ2v) is 9.55. The number of carbonyl (C=O) groups excluding carboxylic acids is 2. The van der Waals surface area contributed by atoms with Crippen LogP contribution in [0, 0.1) is 11.8 Å². The van der Waals surface area contributed by atoms with Crippen LogP contribution in [0.3, 0.4) is 0 Å². The first-order valence-corrected chi connectivity index (χ1v) is 12.0. The van der Waals surface area contributed by atoms with Gasteiger partial charge in [-0.05, 0) is 54.0 Å². The number of aromatic hydroxyl groups is 1. The molecule has 1 N–H and O–H groups in total. The highest BCUT2D eigenvalue weighted by atomic mass is 16.3. The van der Waals surface area contributed by atoms with Crippen molar-refractivity contribution in [2.24, 2.45) is 11.8 Å². The molecule has 0 saturated heterocycles. The summed E-state index contributed by atoms with van der Waals surface area (Å²) in [5.41, 5.74) is 3.39. The number of phenols is 1. The van der Waals surface area contributed by atoms with E-state index in [0.29, 0.717) is 36.1 Å². The largest absolute Gasteiger partial charge is 0.508 e. The first kappa shape index (κ1) is 20.9. The lowest BCUT2D eigenvalue weighted by atomic mass is 9.84. The number of benzene rings is 3. The van der Waals surface area contributed by atoms with Crippen molar-refractivity contribution < 1.29 is 14.7 Å². The number of hydrogen-bond donors (Lipinski definition) is 1. The first-order chi connectivity index (χ1) is 15.6. The summed E-state index contributed by atoms with van der Waals surface area (Å²) in [6, 6.07) is 17.5. The fourth-order valence-electron chi connectivity index (χ4n) is 5.68. The Morgan fingerprint density at radius 2 is 1.53 bits per heavy atom. The summed E-state index contributed by atoms with van der Waals surface area (Å²) in [6.07, 6.45) is 9.65. The summed E-state index contributed by atoms with van der Waals surface area (Å²) in [5.74, 6) is 0.388. The second kappa shape index (κ2) is 8.90. The second-order valence-electron chi connectivity index (χ2n) is 9.55. The van der Waals surface area contributed by atoms with Gasteiger partial charge in [-0.1, -0.05) is 80.6 Å². The summed E-state index contributed by atoms with van der Waals surface area (Å²) >= 11 is 0. The van der Waals surface area contributed by atoms with Gasteiger partial charge >= 0.3 is 0 Å². The molecule has 3 heteroatoms. The van der Waals surface area contributed by atoms with Crippen LogP contribution in [0.25, 0.3) is 10.8 Å². The number of carbonyl (C=O) groups is 2. The molecular formula is C29H30O3. The third kappa shape index (κ3) is 3.97. The van der Waals surface area contributed by atoms with E-state index in [1.165, 1.54) is 37.7 Å². The van der Waals surface area contributed by atoms with Crippen LogP contribution in [0.2, 0.25) is 0 Å². The third-order valence-electron chi connectivity index (χ3n) is 7.43. The Hall–Kier alpha value is -2.94. The van der Waals surface area contributed by atoms with Crippen molar-refractivity contribution in [3.63, 3.8) is 0 Å². The van der Waals surface area contributed by atoms with E-state index < -0.39 is 5.92 Å². The van der Waals surface area contributed by atoms with Gasteiger partial charge in [0.15, 0.2) is 11.6 Å². The number of hydrogen-bond acceptors (Lipinski definition) is 3. The van der Waals surface area contributed by atoms with Gasteiger partial charge in [-0.25, -0.2) is 0 Å². The smallest absolute Gasteiger partial charge is 0.174 e. The molecule has 0 unspecified atom stereocenters. The van der Waals surface area contributed by atoms with Crippen LogP contribution in [-0.2, 0) is 12.8 Å². The van der Waals surface area contributed by atoms with E-state index in [4.69, 9.17) is 0 Å². The lowest BCUT2D eigenvalue weighted by Gasteiger charge is -2.22. The topological polar surface area (TPSA) is 54.4 Å².